The lowest BCUT2D eigenvalue weighted by molar-refractivity contribution is -0.125. The van der Waals surface area contributed by atoms with Crippen molar-refractivity contribution < 1.29 is 14.6 Å². The summed E-state index contributed by atoms with van der Waals surface area (Å²) in [5, 5.41) is 12.3. The average molecular weight is 365 g/mol. The number of benzene rings is 1. The predicted octanol–water partition coefficient (Wildman–Crippen LogP) is 3.15. The van der Waals surface area contributed by atoms with E-state index in [4.69, 9.17) is 21.4 Å². The fourth-order valence-electron chi connectivity index (χ4n) is 1.68. The van der Waals surface area contributed by atoms with E-state index in [9.17, 15) is 4.79 Å². The second kappa shape index (κ2) is 7.86. The minimum atomic E-state index is -0.418. The Morgan fingerprint density at radius 2 is 2.25 bits per heavy atom. The van der Waals surface area contributed by atoms with E-state index in [0.29, 0.717) is 17.2 Å². The number of carbonyl (C=O) groups is 1. The maximum absolute atomic E-state index is 11.9. The summed E-state index contributed by atoms with van der Waals surface area (Å²) in [5.41, 5.74) is -0.418. The molecule has 1 rings (SSSR count). The van der Waals surface area contributed by atoms with Gasteiger partial charge in [0.25, 0.3) is 5.91 Å². The third-order valence-electron chi connectivity index (χ3n) is 3.14. The number of aliphatic hydroxyl groups excluding tert-OH is 1. The lowest BCUT2D eigenvalue weighted by Gasteiger charge is -2.28. The van der Waals surface area contributed by atoms with E-state index < -0.39 is 5.54 Å². The van der Waals surface area contributed by atoms with Gasteiger partial charge in [0.2, 0.25) is 0 Å². The van der Waals surface area contributed by atoms with Gasteiger partial charge in [0.05, 0.1) is 5.02 Å². The molecule has 6 heteroatoms. The average Bonchev–Trinajstić information content (AvgIpc) is 2.38. The van der Waals surface area contributed by atoms with Gasteiger partial charge in [0.15, 0.2) is 6.61 Å². The number of hydrogen-bond donors (Lipinski definition) is 2. The highest BCUT2D eigenvalue weighted by Crippen LogP contribution is 2.27. The predicted molar refractivity (Wildman–Crippen MR) is 83.2 cm³/mol. The monoisotopic (exact) mass is 363 g/mol. The Bertz CT molecular complexity index is 470. The molecule has 0 fully saturated rings. The molecule has 0 aliphatic heterocycles. The van der Waals surface area contributed by atoms with E-state index in [1.54, 1.807) is 18.2 Å². The van der Waals surface area contributed by atoms with E-state index >= 15 is 0 Å². The highest BCUT2D eigenvalue weighted by Gasteiger charge is 2.23. The molecule has 0 aliphatic carbocycles. The quantitative estimate of drug-likeness (QED) is 0.781. The molecule has 2 N–H and O–H groups in total. The molecule has 0 saturated heterocycles. The molecule has 1 aromatic carbocycles. The summed E-state index contributed by atoms with van der Waals surface area (Å²) < 4.78 is 6.24. The van der Waals surface area contributed by atoms with Crippen molar-refractivity contribution in [1.29, 1.82) is 0 Å². The van der Waals surface area contributed by atoms with E-state index in [2.05, 4.69) is 21.2 Å². The van der Waals surface area contributed by atoms with Crippen LogP contribution in [0.2, 0.25) is 5.02 Å². The van der Waals surface area contributed by atoms with Gasteiger partial charge < -0.3 is 15.2 Å². The minimum Gasteiger partial charge on any atom is -0.482 e. The highest BCUT2D eigenvalue weighted by molar-refractivity contribution is 9.10. The molecule has 1 aromatic rings. The number of hydrogen-bond acceptors (Lipinski definition) is 3. The third kappa shape index (κ3) is 5.31. The van der Waals surface area contributed by atoms with Crippen molar-refractivity contribution in [2.45, 2.75) is 32.2 Å². The summed E-state index contributed by atoms with van der Waals surface area (Å²) >= 11 is 9.30. The topological polar surface area (TPSA) is 58.6 Å². The number of nitrogens with one attached hydrogen (secondary N) is 1. The number of halogens is 2. The van der Waals surface area contributed by atoms with Crippen LogP contribution >= 0.6 is 27.5 Å². The van der Waals surface area contributed by atoms with E-state index in [0.717, 1.165) is 10.9 Å². The van der Waals surface area contributed by atoms with Gasteiger partial charge in [-0.2, -0.15) is 0 Å². The Morgan fingerprint density at radius 1 is 1.55 bits per heavy atom. The van der Waals surface area contributed by atoms with E-state index in [-0.39, 0.29) is 19.1 Å². The molecule has 1 amide bonds. The molecule has 0 heterocycles. The fourth-order valence-corrected chi connectivity index (χ4v) is 2.41. The first-order valence-electron chi connectivity index (χ1n) is 6.40. The van der Waals surface area contributed by atoms with Crippen LogP contribution in [0.5, 0.6) is 5.75 Å². The van der Waals surface area contributed by atoms with Crippen LogP contribution in [0.3, 0.4) is 0 Å². The van der Waals surface area contributed by atoms with Crippen LogP contribution in [0, 0.1) is 0 Å². The highest BCUT2D eigenvalue weighted by atomic mass is 79.9. The van der Waals surface area contributed by atoms with Crippen molar-refractivity contribution in [2.24, 2.45) is 0 Å². The largest absolute Gasteiger partial charge is 0.482 e. The third-order valence-corrected chi connectivity index (χ3v) is 3.93. The Kier molecular flexibility index (Phi) is 6.79. The van der Waals surface area contributed by atoms with E-state index in [1.165, 1.54) is 0 Å². The number of ether oxygens (including phenoxy) is 1. The molecular formula is C14H19BrClNO3. The summed E-state index contributed by atoms with van der Waals surface area (Å²) in [6, 6.07) is 5.20. The van der Waals surface area contributed by atoms with Gasteiger partial charge in [-0.25, -0.2) is 0 Å². The molecule has 1 atom stereocenters. The Labute approximate surface area is 132 Å². The van der Waals surface area contributed by atoms with E-state index in [1.807, 2.05) is 13.8 Å². The van der Waals surface area contributed by atoms with Crippen molar-refractivity contribution in [3.63, 3.8) is 0 Å². The van der Waals surface area contributed by atoms with Crippen LogP contribution in [0.4, 0.5) is 0 Å². The molecule has 0 saturated carbocycles. The second-order valence-electron chi connectivity index (χ2n) is 4.80. The second-order valence-corrected chi connectivity index (χ2v) is 6.12. The van der Waals surface area contributed by atoms with Gasteiger partial charge in [0, 0.05) is 16.6 Å². The van der Waals surface area contributed by atoms with Gasteiger partial charge in [-0.1, -0.05) is 34.5 Å². The van der Waals surface area contributed by atoms with Crippen LogP contribution in [0.15, 0.2) is 22.7 Å². The molecule has 0 radical (unpaired) electrons. The summed E-state index contributed by atoms with van der Waals surface area (Å²) in [6.07, 6.45) is 1.24. The first-order chi connectivity index (χ1) is 9.40. The summed E-state index contributed by atoms with van der Waals surface area (Å²) in [6.45, 7) is 3.78. The molecule has 0 aliphatic rings. The van der Waals surface area contributed by atoms with Crippen molar-refractivity contribution in [3.8, 4) is 5.75 Å². The Balaban J connectivity index is 2.54. The molecule has 4 nitrogen and oxygen atoms in total. The molecule has 1 unspecified atom stereocenters. The van der Waals surface area contributed by atoms with Crippen molar-refractivity contribution in [1.82, 2.24) is 5.32 Å². The number of amides is 1. The van der Waals surface area contributed by atoms with Gasteiger partial charge >= 0.3 is 0 Å². The van der Waals surface area contributed by atoms with Gasteiger partial charge in [-0.3, -0.25) is 4.79 Å². The normalized spacial score (nSPS) is 13.7. The van der Waals surface area contributed by atoms with Crippen LogP contribution in [0.25, 0.3) is 0 Å². The minimum absolute atomic E-state index is 0.0318. The maximum atomic E-state index is 11.9. The zero-order valence-electron chi connectivity index (χ0n) is 11.6. The summed E-state index contributed by atoms with van der Waals surface area (Å²) in [7, 11) is 0. The molecule has 0 spiro atoms. The van der Waals surface area contributed by atoms with Crippen LogP contribution < -0.4 is 10.1 Å². The van der Waals surface area contributed by atoms with Crippen molar-refractivity contribution in [3.05, 3.63) is 27.7 Å². The molecule has 20 heavy (non-hydrogen) atoms. The lowest BCUT2D eigenvalue weighted by atomic mass is 9.95. The van der Waals surface area contributed by atoms with Gasteiger partial charge in [0.1, 0.15) is 5.75 Å². The van der Waals surface area contributed by atoms with Crippen molar-refractivity contribution in [2.75, 3.05) is 13.2 Å². The SMILES string of the molecule is CCC(C)(CCO)NC(=O)COc1ccc(Br)cc1Cl. The van der Waals surface area contributed by atoms with Crippen molar-refractivity contribution >= 4 is 33.4 Å². The fraction of sp³-hybridized carbons (Fsp3) is 0.500. The first kappa shape index (κ1) is 17.3. The zero-order chi connectivity index (χ0) is 15.2. The lowest BCUT2D eigenvalue weighted by Crippen LogP contribution is -2.47. The number of carbonyl (C=O) groups excluding carboxylic acids is 1. The van der Waals surface area contributed by atoms with Crippen LogP contribution in [-0.4, -0.2) is 29.8 Å². The number of aliphatic hydroxyl groups is 1. The summed E-state index contributed by atoms with van der Waals surface area (Å²) in [5.74, 6) is 0.229. The molecule has 0 bridgehead atoms. The maximum Gasteiger partial charge on any atom is 0.258 e. The number of rotatable bonds is 7. The van der Waals surface area contributed by atoms with Gasteiger partial charge in [-0.05, 0) is 38.0 Å². The van der Waals surface area contributed by atoms with Crippen LogP contribution in [0.1, 0.15) is 26.7 Å². The summed E-state index contributed by atoms with van der Waals surface area (Å²) in [4.78, 5) is 11.9. The Morgan fingerprint density at radius 3 is 2.80 bits per heavy atom. The zero-order valence-corrected chi connectivity index (χ0v) is 13.9. The molecule has 0 aromatic heterocycles. The Hall–Kier alpha value is -0.780. The first-order valence-corrected chi connectivity index (χ1v) is 7.57. The molecule has 112 valence electrons. The standard InChI is InChI=1S/C14H19BrClNO3/c1-3-14(2,6-7-18)17-13(19)9-20-12-5-4-10(15)8-11(12)16/h4-5,8,18H,3,6-7,9H2,1-2H3,(H,17,19). The van der Waals surface area contributed by atoms with Crippen LogP contribution in [-0.2, 0) is 4.79 Å². The van der Waals surface area contributed by atoms with Gasteiger partial charge in [-0.15, -0.1) is 0 Å². The molecular weight excluding hydrogens is 346 g/mol. The smallest absolute Gasteiger partial charge is 0.258 e.